The topological polar surface area (TPSA) is 49.4 Å². The van der Waals surface area contributed by atoms with Gasteiger partial charge in [-0.05, 0) is 31.6 Å². The fraction of sp³-hybridized carbons (Fsp3) is 0.867. The van der Waals surface area contributed by atoms with Gasteiger partial charge in [-0.25, -0.2) is 0 Å². The highest BCUT2D eigenvalue weighted by Gasteiger charge is 2.28. The van der Waals surface area contributed by atoms with E-state index in [4.69, 9.17) is 0 Å². The summed E-state index contributed by atoms with van der Waals surface area (Å²) >= 11 is 0. The van der Waals surface area contributed by atoms with Crippen molar-refractivity contribution in [3.05, 3.63) is 0 Å². The highest BCUT2D eigenvalue weighted by molar-refractivity contribution is 5.87. The Morgan fingerprint density at radius 2 is 1.79 bits per heavy atom. The molecule has 110 valence electrons. The van der Waals surface area contributed by atoms with Crippen LogP contribution >= 0.6 is 0 Å². The van der Waals surface area contributed by atoms with Crippen molar-refractivity contribution in [1.29, 1.82) is 0 Å². The van der Waals surface area contributed by atoms with Crippen LogP contribution < -0.4 is 5.32 Å². The lowest BCUT2D eigenvalue weighted by Gasteiger charge is -2.32. The first kappa shape index (κ1) is 16.0. The second-order valence-electron chi connectivity index (χ2n) is 5.78. The number of carbonyl (C=O) groups is 2. The van der Waals surface area contributed by atoms with E-state index in [0.29, 0.717) is 6.42 Å². The lowest BCUT2D eigenvalue weighted by Crippen LogP contribution is -2.52. The molecule has 1 aliphatic heterocycles. The largest absolute Gasteiger partial charge is 0.344 e. The Hall–Kier alpha value is -1.06. The maximum atomic E-state index is 12.5. The summed E-state index contributed by atoms with van der Waals surface area (Å²) < 4.78 is 0. The molecule has 1 saturated heterocycles. The third-order valence-electron chi connectivity index (χ3n) is 3.67. The molecule has 4 heteroatoms. The normalized spacial score (nSPS) is 17.4. The Labute approximate surface area is 116 Å². The molecule has 1 fully saturated rings. The SMILES string of the molecule is CCCCC(=O)N[C@H](C(=O)N1CCCCC1)C(C)C. The Morgan fingerprint density at radius 1 is 1.16 bits per heavy atom. The molecule has 2 amide bonds. The lowest BCUT2D eigenvalue weighted by molar-refractivity contribution is -0.138. The van der Waals surface area contributed by atoms with Gasteiger partial charge < -0.3 is 10.2 Å². The first-order chi connectivity index (χ1) is 9.06. The fourth-order valence-electron chi connectivity index (χ4n) is 2.41. The van der Waals surface area contributed by atoms with Gasteiger partial charge in [-0.3, -0.25) is 9.59 Å². The molecule has 0 radical (unpaired) electrons. The molecule has 0 unspecified atom stereocenters. The first-order valence-electron chi connectivity index (χ1n) is 7.64. The van der Waals surface area contributed by atoms with Gasteiger partial charge in [0.2, 0.25) is 11.8 Å². The number of hydrogen-bond acceptors (Lipinski definition) is 2. The van der Waals surface area contributed by atoms with Crippen LogP contribution in [0.2, 0.25) is 0 Å². The van der Waals surface area contributed by atoms with Crippen molar-refractivity contribution in [2.45, 2.75) is 65.3 Å². The van der Waals surface area contributed by atoms with Crippen LogP contribution in [0.5, 0.6) is 0 Å². The van der Waals surface area contributed by atoms with Gasteiger partial charge in [0.05, 0.1) is 0 Å². The van der Waals surface area contributed by atoms with Gasteiger partial charge in [-0.2, -0.15) is 0 Å². The van der Waals surface area contributed by atoms with E-state index < -0.39 is 0 Å². The second kappa shape index (κ2) is 8.18. The summed E-state index contributed by atoms with van der Waals surface area (Å²) in [6.45, 7) is 7.73. The summed E-state index contributed by atoms with van der Waals surface area (Å²) in [4.78, 5) is 26.2. The minimum absolute atomic E-state index is 0.00547. The van der Waals surface area contributed by atoms with E-state index in [2.05, 4.69) is 12.2 Å². The van der Waals surface area contributed by atoms with Crippen LogP contribution in [-0.4, -0.2) is 35.8 Å². The number of carbonyl (C=O) groups excluding carboxylic acids is 2. The van der Waals surface area contributed by atoms with Gasteiger partial charge in [-0.15, -0.1) is 0 Å². The number of hydrogen-bond donors (Lipinski definition) is 1. The van der Waals surface area contributed by atoms with Crippen LogP contribution in [0.3, 0.4) is 0 Å². The molecule has 1 heterocycles. The average Bonchev–Trinajstić information content (AvgIpc) is 2.42. The van der Waals surface area contributed by atoms with E-state index in [1.54, 1.807) is 0 Å². The van der Waals surface area contributed by atoms with E-state index in [0.717, 1.165) is 38.8 Å². The smallest absolute Gasteiger partial charge is 0.245 e. The zero-order valence-electron chi connectivity index (χ0n) is 12.6. The third-order valence-corrected chi connectivity index (χ3v) is 3.67. The molecule has 1 rings (SSSR count). The minimum Gasteiger partial charge on any atom is -0.344 e. The quantitative estimate of drug-likeness (QED) is 0.804. The van der Waals surface area contributed by atoms with Crippen molar-refractivity contribution in [2.75, 3.05) is 13.1 Å². The number of amides is 2. The number of piperidine rings is 1. The molecule has 19 heavy (non-hydrogen) atoms. The van der Waals surface area contributed by atoms with E-state index in [-0.39, 0.29) is 23.8 Å². The Balaban J connectivity index is 2.55. The zero-order valence-corrected chi connectivity index (χ0v) is 12.6. The average molecular weight is 268 g/mol. The molecule has 0 aromatic carbocycles. The van der Waals surface area contributed by atoms with Gasteiger partial charge in [-0.1, -0.05) is 27.2 Å². The van der Waals surface area contributed by atoms with Gasteiger partial charge in [0.1, 0.15) is 6.04 Å². The van der Waals surface area contributed by atoms with Crippen LogP contribution in [-0.2, 0) is 9.59 Å². The molecule has 0 spiro atoms. The molecule has 1 aliphatic rings. The molecule has 1 atom stereocenters. The lowest BCUT2D eigenvalue weighted by atomic mass is 10.0. The molecule has 1 N–H and O–H groups in total. The van der Waals surface area contributed by atoms with Crippen molar-refractivity contribution in [3.63, 3.8) is 0 Å². The molecule has 0 saturated carbocycles. The van der Waals surface area contributed by atoms with Gasteiger partial charge in [0.15, 0.2) is 0 Å². The number of nitrogens with one attached hydrogen (secondary N) is 1. The van der Waals surface area contributed by atoms with Crippen LogP contribution in [0.4, 0.5) is 0 Å². The second-order valence-corrected chi connectivity index (χ2v) is 5.78. The highest BCUT2D eigenvalue weighted by atomic mass is 16.2. The number of likely N-dealkylation sites (tertiary alicyclic amines) is 1. The number of nitrogens with zero attached hydrogens (tertiary/aromatic N) is 1. The summed E-state index contributed by atoms with van der Waals surface area (Å²) in [7, 11) is 0. The van der Waals surface area contributed by atoms with E-state index in [1.807, 2.05) is 18.7 Å². The Bertz CT molecular complexity index is 297. The van der Waals surface area contributed by atoms with Crippen LogP contribution in [0.15, 0.2) is 0 Å². The molecule has 0 aromatic heterocycles. The summed E-state index contributed by atoms with van der Waals surface area (Å²) in [5.41, 5.74) is 0. The standard InChI is InChI=1S/C15H28N2O2/c1-4-5-9-13(18)16-14(12(2)3)15(19)17-10-7-6-8-11-17/h12,14H,4-11H2,1-3H3,(H,16,18)/t14-/m0/s1. The summed E-state index contributed by atoms with van der Waals surface area (Å²) in [6.07, 6.45) is 5.78. The summed E-state index contributed by atoms with van der Waals surface area (Å²) in [5.74, 6) is 0.241. The highest BCUT2D eigenvalue weighted by Crippen LogP contribution is 2.13. The van der Waals surface area contributed by atoms with Gasteiger partial charge >= 0.3 is 0 Å². The van der Waals surface area contributed by atoms with Gasteiger partial charge in [0.25, 0.3) is 0 Å². The van der Waals surface area contributed by atoms with Crippen molar-refractivity contribution >= 4 is 11.8 Å². The predicted molar refractivity (Wildman–Crippen MR) is 76.7 cm³/mol. The van der Waals surface area contributed by atoms with E-state index >= 15 is 0 Å². The summed E-state index contributed by atoms with van der Waals surface area (Å²) in [6, 6.07) is -0.359. The van der Waals surface area contributed by atoms with Crippen molar-refractivity contribution in [1.82, 2.24) is 10.2 Å². The van der Waals surface area contributed by atoms with Crippen molar-refractivity contribution < 1.29 is 9.59 Å². The molecular formula is C15H28N2O2. The molecule has 0 aliphatic carbocycles. The first-order valence-corrected chi connectivity index (χ1v) is 7.64. The molecule has 0 bridgehead atoms. The number of unbranched alkanes of at least 4 members (excludes halogenated alkanes) is 1. The van der Waals surface area contributed by atoms with Crippen LogP contribution in [0, 0.1) is 5.92 Å². The maximum Gasteiger partial charge on any atom is 0.245 e. The molecule has 4 nitrogen and oxygen atoms in total. The maximum absolute atomic E-state index is 12.5. The van der Waals surface area contributed by atoms with Crippen molar-refractivity contribution in [2.24, 2.45) is 5.92 Å². The zero-order chi connectivity index (χ0) is 14.3. The fourth-order valence-corrected chi connectivity index (χ4v) is 2.41. The van der Waals surface area contributed by atoms with E-state index in [1.165, 1.54) is 6.42 Å². The van der Waals surface area contributed by atoms with Crippen LogP contribution in [0.1, 0.15) is 59.3 Å². The Morgan fingerprint density at radius 3 is 2.32 bits per heavy atom. The minimum atomic E-state index is -0.359. The monoisotopic (exact) mass is 268 g/mol. The van der Waals surface area contributed by atoms with Crippen LogP contribution in [0.25, 0.3) is 0 Å². The summed E-state index contributed by atoms with van der Waals surface area (Å²) in [5, 5.41) is 2.92. The predicted octanol–water partition coefficient (Wildman–Crippen LogP) is 2.33. The third kappa shape index (κ3) is 5.21. The van der Waals surface area contributed by atoms with E-state index in [9.17, 15) is 9.59 Å². The Kier molecular flexibility index (Phi) is 6.89. The molecule has 0 aromatic rings. The number of rotatable bonds is 6. The molecular weight excluding hydrogens is 240 g/mol. The van der Waals surface area contributed by atoms with Gasteiger partial charge in [0, 0.05) is 19.5 Å². The van der Waals surface area contributed by atoms with Crippen molar-refractivity contribution in [3.8, 4) is 0 Å².